The number of nitrogens with zero attached hydrogens (tertiary/aromatic N) is 1. The molecule has 0 saturated carbocycles. The van der Waals surface area contributed by atoms with Crippen LogP contribution in [0.15, 0.2) is 47.6 Å². The van der Waals surface area contributed by atoms with Crippen LogP contribution < -0.4 is 10.7 Å². The monoisotopic (exact) mass is 391 g/mol. The van der Waals surface area contributed by atoms with Crippen molar-refractivity contribution >= 4 is 46.4 Å². The van der Waals surface area contributed by atoms with E-state index in [1.54, 1.807) is 43.3 Å². The van der Waals surface area contributed by atoms with Gasteiger partial charge < -0.3 is 5.32 Å². The molecule has 0 bridgehead atoms. The third-order valence-corrected chi connectivity index (χ3v) is 4.18. The molecule has 0 aliphatic heterocycles. The Hall–Kier alpha value is -2.37. The number of aryl methyl sites for hydroxylation is 1. The van der Waals surface area contributed by atoms with Crippen molar-refractivity contribution in [3.63, 3.8) is 0 Å². The Balaban J connectivity index is 1.82. The van der Waals surface area contributed by atoms with E-state index >= 15 is 0 Å². The van der Waals surface area contributed by atoms with Crippen molar-refractivity contribution < 1.29 is 9.59 Å². The molecular weight excluding hydrogens is 373 g/mol. The fourth-order valence-corrected chi connectivity index (χ4v) is 2.44. The van der Waals surface area contributed by atoms with E-state index in [0.717, 1.165) is 11.1 Å². The van der Waals surface area contributed by atoms with Gasteiger partial charge in [0.15, 0.2) is 0 Å². The highest BCUT2D eigenvalue weighted by Crippen LogP contribution is 2.20. The van der Waals surface area contributed by atoms with Crippen LogP contribution in [0, 0.1) is 6.92 Å². The number of halogens is 2. The number of hydrogen-bond acceptors (Lipinski definition) is 3. The lowest BCUT2D eigenvalue weighted by atomic mass is 10.1. The Bertz CT molecular complexity index is 833. The van der Waals surface area contributed by atoms with Gasteiger partial charge in [-0.3, -0.25) is 9.59 Å². The van der Waals surface area contributed by atoms with Crippen molar-refractivity contribution in [2.45, 2.75) is 26.7 Å². The number of anilines is 1. The number of amides is 2. The molecule has 136 valence electrons. The minimum absolute atomic E-state index is 0.0622. The van der Waals surface area contributed by atoms with Crippen molar-refractivity contribution in [2.24, 2.45) is 5.10 Å². The molecule has 5 nitrogen and oxygen atoms in total. The highest BCUT2D eigenvalue weighted by molar-refractivity contribution is 6.31. The summed E-state index contributed by atoms with van der Waals surface area (Å²) in [6.07, 6.45) is 0.245. The van der Waals surface area contributed by atoms with Gasteiger partial charge in [-0.15, -0.1) is 0 Å². The predicted octanol–water partition coefficient (Wildman–Crippen LogP) is 4.37. The van der Waals surface area contributed by atoms with Crippen molar-refractivity contribution in [3.05, 3.63) is 63.6 Å². The van der Waals surface area contributed by atoms with E-state index in [0.29, 0.717) is 21.4 Å². The number of hydrazone groups is 1. The van der Waals surface area contributed by atoms with Gasteiger partial charge in [-0.1, -0.05) is 41.4 Å². The summed E-state index contributed by atoms with van der Waals surface area (Å²) < 4.78 is 0. The Labute approximate surface area is 162 Å². The number of carbonyl (C=O) groups is 2. The second-order valence-electron chi connectivity index (χ2n) is 5.87. The maximum atomic E-state index is 12.0. The van der Waals surface area contributed by atoms with Crippen LogP contribution in [0.3, 0.4) is 0 Å². The lowest BCUT2D eigenvalue weighted by molar-refractivity contribution is -0.120. The SMILES string of the molecule is C/C(CC(=O)Nc1ccc(C)c(Cl)c1)=N/NC(=O)Cc1ccc(Cl)cc1. The molecule has 0 radical (unpaired) electrons. The molecule has 0 saturated heterocycles. The minimum atomic E-state index is -0.266. The zero-order valence-electron chi connectivity index (χ0n) is 14.5. The van der Waals surface area contributed by atoms with Gasteiger partial charge in [-0.25, -0.2) is 5.43 Å². The summed E-state index contributed by atoms with van der Waals surface area (Å²) in [7, 11) is 0. The second kappa shape index (κ2) is 9.36. The topological polar surface area (TPSA) is 70.6 Å². The first-order valence-corrected chi connectivity index (χ1v) is 8.71. The fraction of sp³-hybridized carbons (Fsp3) is 0.211. The van der Waals surface area contributed by atoms with Crippen LogP contribution in [-0.2, 0) is 16.0 Å². The highest BCUT2D eigenvalue weighted by Gasteiger charge is 2.07. The summed E-state index contributed by atoms with van der Waals surface area (Å²) in [4.78, 5) is 23.9. The number of hydrogen-bond donors (Lipinski definition) is 2. The van der Waals surface area contributed by atoms with E-state index in [-0.39, 0.29) is 24.7 Å². The van der Waals surface area contributed by atoms with Crippen LogP contribution in [0.25, 0.3) is 0 Å². The minimum Gasteiger partial charge on any atom is -0.326 e. The molecule has 0 aliphatic rings. The van der Waals surface area contributed by atoms with Gasteiger partial charge in [0, 0.05) is 21.4 Å². The zero-order valence-corrected chi connectivity index (χ0v) is 16.0. The van der Waals surface area contributed by atoms with Crippen LogP contribution in [0.4, 0.5) is 5.69 Å². The van der Waals surface area contributed by atoms with E-state index < -0.39 is 0 Å². The molecule has 0 aliphatic carbocycles. The average Bonchev–Trinajstić information content (AvgIpc) is 2.58. The third-order valence-electron chi connectivity index (χ3n) is 3.52. The summed E-state index contributed by atoms with van der Waals surface area (Å²) in [6.45, 7) is 3.56. The van der Waals surface area contributed by atoms with Crippen molar-refractivity contribution in [1.82, 2.24) is 5.43 Å². The normalized spacial score (nSPS) is 11.2. The molecule has 0 heterocycles. The van der Waals surface area contributed by atoms with E-state index in [4.69, 9.17) is 23.2 Å². The molecule has 0 spiro atoms. The first-order chi connectivity index (χ1) is 12.3. The molecular formula is C19H19Cl2N3O2. The molecule has 0 unspecified atom stereocenters. The van der Waals surface area contributed by atoms with Crippen LogP contribution in [-0.4, -0.2) is 17.5 Å². The molecule has 26 heavy (non-hydrogen) atoms. The number of rotatable bonds is 6. The zero-order chi connectivity index (χ0) is 19.1. The van der Waals surface area contributed by atoms with Gasteiger partial charge in [0.2, 0.25) is 11.8 Å². The summed E-state index contributed by atoms with van der Waals surface area (Å²) in [5, 5.41) is 7.90. The second-order valence-corrected chi connectivity index (χ2v) is 6.72. The molecule has 0 atom stereocenters. The summed E-state index contributed by atoms with van der Waals surface area (Å²) in [5.74, 6) is -0.504. The molecule has 7 heteroatoms. The maximum Gasteiger partial charge on any atom is 0.244 e. The van der Waals surface area contributed by atoms with Crippen LogP contribution in [0.5, 0.6) is 0 Å². The highest BCUT2D eigenvalue weighted by atomic mass is 35.5. The smallest absolute Gasteiger partial charge is 0.244 e. The van der Waals surface area contributed by atoms with Crippen LogP contribution >= 0.6 is 23.2 Å². The number of nitrogens with one attached hydrogen (secondary N) is 2. The van der Waals surface area contributed by atoms with Gasteiger partial charge in [-0.2, -0.15) is 5.10 Å². The lowest BCUT2D eigenvalue weighted by Crippen LogP contribution is -2.22. The molecule has 0 fully saturated rings. The van der Waals surface area contributed by atoms with Crippen molar-refractivity contribution in [2.75, 3.05) is 5.32 Å². The maximum absolute atomic E-state index is 12.0. The van der Waals surface area contributed by atoms with Gasteiger partial charge in [-0.05, 0) is 49.2 Å². The first kappa shape index (κ1) is 19.9. The summed E-state index contributed by atoms with van der Waals surface area (Å²) in [6, 6.07) is 12.3. The van der Waals surface area contributed by atoms with Gasteiger partial charge in [0.1, 0.15) is 0 Å². The molecule has 2 rings (SSSR count). The van der Waals surface area contributed by atoms with Gasteiger partial charge >= 0.3 is 0 Å². The Morgan fingerprint density at radius 3 is 2.38 bits per heavy atom. The van der Waals surface area contributed by atoms with Crippen molar-refractivity contribution in [3.8, 4) is 0 Å². The van der Waals surface area contributed by atoms with Crippen molar-refractivity contribution in [1.29, 1.82) is 0 Å². The van der Waals surface area contributed by atoms with Crippen LogP contribution in [0.1, 0.15) is 24.5 Å². The first-order valence-electron chi connectivity index (χ1n) is 7.96. The third kappa shape index (κ3) is 6.50. The molecule has 2 N–H and O–H groups in total. The number of carbonyl (C=O) groups excluding carboxylic acids is 2. The average molecular weight is 392 g/mol. The molecule has 0 aromatic heterocycles. The summed E-state index contributed by atoms with van der Waals surface area (Å²) in [5.41, 5.74) is 5.32. The molecule has 2 aromatic carbocycles. The van der Waals surface area contributed by atoms with E-state index in [2.05, 4.69) is 15.8 Å². The quantitative estimate of drug-likeness (QED) is 0.566. The molecule has 2 amide bonds. The standard InChI is InChI=1S/C19H19Cl2N3O2/c1-12-3-8-16(11-17(12)21)22-18(25)9-13(2)23-24-19(26)10-14-4-6-15(20)7-5-14/h3-8,11H,9-10H2,1-2H3,(H,22,25)(H,24,26)/b23-13-. The lowest BCUT2D eigenvalue weighted by Gasteiger charge is -2.07. The van der Waals surface area contributed by atoms with Gasteiger partial charge in [0.05, 0.1) is 12.8 Å². The largest absolute Gasteiger partial charge is 0.326 e. The number of benzene rings is 2. The Kier molecular flexibility index (Phi) is 7.18. The predicted molar refractivity (Wildman–Crippen MR) is 106 cm³/mol. The Morgan fingerprint density at radius 2 is 1.73 bits per heavy atom. The van der Waals surface area contributed by atoms with Gasteiger partial charge in [0.25, 0.3) is 0 Å². The van der Waals surface area contributed by atoms with E-state index in [9.17, 15) is 9.59 Å². The van der Waals surface area contributed by atoms with Crippen LogP contribution in [0.2, 0.25) is 10.0 Å². The Morgan fingerprint density at radius 1 is 1.04 bits per heavy atom. The fourth-order valence-electron chi connectivity index (χ4n) is 2.13. The van der Waals surface area contributed by atoms with E-state index in [1.807, 2.05) is 13.0 Å². The molecule has 2 aromatic rings. The summed E-state index contributed by atoms with van der Waals surface area (Å²) >= 11 is 11.8. The van der Waals surface area contributed by atoms with E-state index in [1.165, 1.54) is 0 Å².